The minimum atomic E-state index is -3.76. The molecule has 0 aliphatic heterocycles. The van der Waals surface area contributed by atoms with Gasteiger partial charge in [-0.05, 0) is 12.8 Å². The lowest BCUT2D eigenvalue weighted by Crippen LogP contribution is -2.43. The number of halogens is 1. The Kier molecular flexibility index (Phi) is 2.69. The van der Waals surface area contributed by atoms with E-state index in [0.717, 1.165) is 4.57 Å². The van der Waals surface area contributed by atoms with E-state index in [-0.39, 0.29) is 5.49 Å². The molecule has 1 saturated carbocycles. The quantitative estimate of drug-likeness (QED) is 0.699. The van der Waals surface area contributed by atoms with Gasteiger partial charge in [-0.1, -0.05) is 0 Å². The highest BCUT2D eigenvalue weighted by atomic mass is 32.2. The molecular weight excluding hydrogens is 249 g/mol. The Morgan fingerprint density at radius 3 is 2.53 bits per heavy atom. The van der Waals surface area contributed by atoms with Crippen molar-refractivity contribution in [3.63, 3.8) is 0 Å². The molecule has 0 spiro atoms. The number of rotatable bonds is 2. The van der Waals surface area contributed by atoms with Crippen LogP contribution in [0, 0.1) is 5.82 Å². The van der Waals surface area contributed by atoms with Crippen LogP contribution in [0.4, 0.5) is 4.39 Å². The first kappa shape index (κ1) is 12.0. The van der Waals surface area contributed by atoms with Crippen LogP contribution in [0.5, 0.6) is 0 Å². The number of hydrogen-bond donors (Lipinski definition) is 0. The van der Waals surface area contributed by atoms with E-state index in [0.29, 0.717) is 23.0 Å². The zero-order valence-electron chi connectivity index (χ0n) is 9.42. The normalized spacial score (nSPS) is 17.5. The van der Waals surface area contributed by atoms with Gasteiger partial charge in [0.2, 0.25) is 10.0 Å². The molecular formula is C9H12FN3O3S. The van der Waals surface area contributed by atoms with Crippen LogP contribution in [0.2, 0.25) is 0 Å². The maximum absolute atomic E-state index is 13.6. The molecule has 94 valence electrons. The summed E-state index contributed by atoms with van der Waals surface area (Å²) >= 11 is 0. The molecule has 0 unspecified atom stereocenters. The molecule has 0 aromatic carbocycles. The van der Waals surface area contributed by atoms with E-state index >= 15 is 0 Å². The molecule has 0 bridgehead atoms. The van der Waals surface area contributed by atoms with Gasteiger partial charge >= 0.3 is 5.69 Å². The van der Waals surface area contributed by atoms with Crippen LogP contribution in [0.3, 0.4) is 0 Å². The summed E-state index contributed by atoms with van der Waals surface area (Å²) in [4.78, 5) is 15.4. The summed E-state index contributed by atoms with van der Waals surface area (Å²) in [6.07, 6.45) is 1.72. The van der Waals surface area contributed by atoms with Crippen molar-refractivity contribution < 1.29 is 12.8 Å². The Morgan fingerprint density at radius 1 is 1.47 bits per heavy atom. The zero-order chi connectivity index (χ0) is 12.8. The van der Waals surface area contributed by atoms with Crippen LogP contribution in [0.25, 0.3) is 0 Å². The maximum atomic E-state index is 13.6. The Balaban J connectivity index is 2.78. The Hall–Kier alpha value is -1.44. The summed E-state index contributed by atoms with van der Waals surface area (Å²) in [5.74, 6) is -0.834. The van der Waals surface area contributed by atoms with Gasteiger partial charge in [0.25, 0.3) is 0 Å². The molecule has 1 fully saturated rings. The summed E-state index contributed by atoms with van der Waals surface area (Å²) in [6, 6.07) is 0. The predicted octanol–water partition coefficient (Wildman–Crippen LogP) is -0.803. The molecule has 0 radical (unpaired) electrons. The summed E-state index contributed by atoms with van der Waals surface area (Å²) < 4.78 is 38.7. The Labute approximate surface area is 97.1 Å². The lowest BCUT2D eigenvalue weighted by atomic mass is 10.6. The maximum Gasteiger partial charge on any atom is 0.343 e. The topological polar surface area (TPSA) is 73.4 Å². The van der Waals surface area contributed by atoms with E-state index in [2.05, 4.69) is 4.99 Å². The van der Waals surface area contributed by atoms with Gasteiger partial charge in [0.15, 0.2) is 11.3 Å². The Bertz CT molecular complexity index is 682. The van der Waals surface area contributed by atoms with Gasteiger partial charge in [0.05, 0.1) is 11.4 Å². The average molecular weight is 261 g/mol. The lowest BCUT2D eigenvalue weighted by Gasteiger charge is -2.08. The molecule has 1 aliphatic rings. The molecule has 1 aliphatic carbocycles. The SMILES string of the molecule is CN=c1c(F)cn(S(=O)(=O)C2CC2)c(=O)n1C. The van der Waals surface area contributed by atoms with E-state index in [4.69, 9.17) is 0 Å². The van der Waals surface area contributed by atoms with Gasteiger partial charge in [-0.25, -0.2) is 17.6 Å². The van der Waals surface area contributed by atoms with Gasteiger partial charge in [-0.2, -0.15) is 3.97 Å². The van der Waals surface area contributed by atoms with Gasteiger partial charge < -0.3 is 0 Å². The molecule has 2 rings (SSSR count). The van der Waals surface area contributed by atoms with Crippen molar-refractivity contribution in [3.05, 3.63) is 28.0 Å². The zero-order valence-corrected chi connectivity index (χ0v) is 10.2. The van der Waals surface area contributed by atoms with E-state index in [9.17, 15) is 17.6 Å². The molecule has 1 aromatic rings. The van der Waals surface area contributed by atoms with Gasteiger partial charge in [-0.15, -0.1) is 0 Å². The van der Waals surface area contributed by atoms with Crippen molar-refractivity contribution in [2.24, 2.45) is 12.0 Å². The van der Waals surface area contributed by atoms with Crippen molar-refractivity contribution in [1.82, 2.24) is 8.54 Å². The molecule has 1 aromatic heterocycles. The standard InChI is InChI=1S/C9H12FN3O3S/c1-11-8-7(10)5-13(9(14)12(8)2)17(15,16)6-3-4-6/h5-6H,3-4H2,1-2H3. The fraction of sp³-hybridized carbons (Fsp3) is 0.556. The molecule has 1 heterocycles. The lowest BCUT2D eigenvalue weighted by molar-refractivity contribution is 0.537. The first-order chi connectivity index (χ1) is 7.89. The molecule has 0 saturated heterocycles. The number of aromatic nitrogens is 2. The second-order valence-electron chi connectivity index (χ2n) is 3.91. The van der Waals surface area contributed by atoms with Crippen LogP contribution in [-0.2, 0) is 17.1 Å². The van der Waals surface area contributed by atoms with Crippen molar-refractivity contribution in [3.8, 4) is 0 Å². The van der Waals surface area contributed by atoms with Crippen molar-refractivity contribution in [2.75, 3.05) is 7.05 Å². The summed E-state index contributed by atoms with van der Waals surface area (Å²) in [5.41, 5.74) is -0.976. The highest BCUT2D eigenvalue weighted by Crippen LogP contribution is 2.28. The van der Waals surface area contributed by atoms with Crippen LogP contribution < -0.4 is 11.2 Å². The molecule has 0 N–H and O–H groups in total. The fourth-order valence-corrected chi connectivity index (χ4v) is 3.21. The van der Waals surface area contributed by atoms with Gasteiger partial charge in [0.1, 0.15) is 0 Å². The van der Waals surface area contributed by atoms with E-state index in [1.165, 1.54) is 14.1 Å². The van der Waals surface area contributed by atoms with Gasteiger partial charge in [-0.3, -0.25) is 9.56 Å². The predicted molar refractivity (Wildman–Crippen MR) is 58.5 cm³/mol. The number of nitrogens with zero attached hydrogens (tertiary/aromatic N) is 3. The smallest absolute Gasteiger partial charge is 0.278 e. The van der Waals surface area contributed by atoms with Crippen molar-refractivity contribution >= 4 is 10.0 Å². The molecule has 6 nitrogen and oxygen atoms in total. The van der Waals surface area contributed by atoms with Crippen molar-refractivity contribution in [2.45, 2.75) is 18.1 Å². The summed E-state index contributed by atoms with van der Waals surface area (Å²) in [5, 5.41) is -0.566. The van der Waals surface area contributed by atoms with Gasteiger partial charge in [0, 0.05) is 14.1 Å². The van der Waals surface area contributed by atoms with Crippen LogP contribution in [0.1, 0.15) is 12.8 Å². The Morgan fingerprint density at radius 2 is 2.06 bits per heavy atom. The highest BCUT2D eigenvalue weighted by molar-refractivity contribution is 7.90. The van der Waals surface area contributed by atoms with E-state index in [1.54, 1.807) is 0 Å². The largest absolute Gasteiger partial charge is 0.343 e. The minimum absolute atomic E-state index is 0.169. The third-order valence-corrected chi connectivity index (χ3v) is 4.79. The summed E-state index contributed by atoms with van der Waals surface area (Å²) in [7, 11) is -1.15. The number of hydrogen-bond acceptors (Lipinski definition) is 4. The minimum Gasteiger partial charge on any atom is -0.278 e. The summed E-state index contributed by atoms with van der Waals surface area (Å²) in [6.45, 7) is 0. The highest BCUT2D eigenvalue weighted by Gasteiger charge is 2.38. The monoisotopic (exact) mass is 261 g/mol. The first-order valence-corrected chi connectivity index (χ1v) is 6.55. The fourth-order valence-electron chi connectivity index (χ4n) is 1.58. The van der Waals surface area contributed by atoms with E-state index < -0.39 is 26.8 Å². The average Bonchev–Trinajstić information content (AvgIpc) is 3.07. The van der Waals surface area contributed by atoms with Crippen LogP contribution >= 0.6 is 0 Å². The van der Waals surface area contributed by atoms with Crippen molar-refractivity contribution in [1.29, 1.82) is 0 Å². The molecule has 8 heteroatoms. The first-order valence-electron chi connectivity index (χ1n) is 5.05. The third kappa shape index (κ3) is 1.82. The molecule has 0 atom stereocenters. The molecule has 0 amide bonds. The van der Waals surface area contributed by atoms with Crippen LogP contribution in [0.15, 0.2) is 16.0 Å². The van der Waals surface area contributed by atoms with Crippen LogP contribution in [-0.4, -0.2) is 29.3 Å². The second kappa shape index (κ2) is 3.80. The van der Waals surface area contributed by atoms with E-state index in [1.807, 2.05) is 0 Å². The third-order valence-electron chi connectivity index (χ3n) is 2.67. The molecule has 17 heavy (non-hydrogen) atoms. The second-order valence-corrected chi connectivity index (χ2v) is 6.00.